The zero-order valence-electron chi connectivity index (χ0n) is 7.98. The summed E-state index contributed by atoms with van der Waals surface area (Å²) in [6.45, 7) is 3.80. The second-order valence-corrected chi connectivity index (χ2v) is 3.04. The molecule has 1 aromatic carbocycles. The maximum Gasteiger partial charge on any atom is 0.148 e. The SMILES string of the molecule is [CH2]c1ccncc1Oc1ccc(F)cc1. The van der Waals surface area contributed by atoms with Gasteiger partial charge < -0.3 is 4.74 Å². The van der Waals surface area contributed by atoms with Gasteiger partial charge in [-0.3, -0.25) is 4.98 Å². The molecule has 0 fully saturated rings. The van der Waals surface area contributed by atoms with Crippen molar-refractivity contribution in [1.29, 1.82) is 0 Å². The van der Waals surface area contributed by atoms with Crippen molar-refractivity contribution in [1.82, 2.24) is 4.98 Å². The molecule has 0 atom stereocenters. The van der Waals surface area contributed by atoms with E-state index in [9.17, 15) is 4.39 Å². The zero-order chi connectivity index (χ0) is 10.7. The summed E-state index contributed by atoms with van der Waals surface area (Å²) in [5.74, 6) is 0.849. The lowest BCUT2D eigenvalue weighted by Gasteiger charge is -2.06. The van der Waals surface area contributed by atoms with Crippen molar-refractivity contribution in [3.63, 3.8) is 0 Å². The van der Waals surface area contributed by atoms with Gasteiger partial charge in [-0.2, -0.15) is 0 Å². The van der Waals surface area contributed by atoms with Gasteiger partial charge in [0.15, 0.2) is 0 Å². The highest BCUT2D eigenvalue weighted by molar-refractivity contribution is 5.36. The number of halogens is 1. The number of hydrogen-bond donors (Lipinski definition) is 0. The highest BCUT2D eigenvalue weighted by Gasteiger charge is 2.00. The summed E-state index contributed by atoms with van der Waals surface area (Å²) < 4.78 is 18.1. The highest BCUT2D eigenvalue weighted by Crippen LogP contribution is 2.23. The van der Waals surface area contributed by atoms with Crippen LogP contribution in [-0.4, -0.2) is 4.98 Å². The maximum absolute atomic E-state index is 12.6. The van der Waals surface area contributed by atoms with E-state index in [0.717, 1.165) is 5.56 Å². The van der Waals surface area contributed by atoms with Crippen LogP contribution >= 0.6 is 0 Å². The Balaban J connectivity index is 2.22. The van der Waals surface area contributed by atoms with Gasteiger partial charge >= 0.3 is 0 Å². The molecule has 0 N–H and O–H groups in total. The number of hydrogen-bond acceptors (Lipinski definition) is 2. The Kier molecular flexibility index (Phi) is 2.63. The Hall–Kier alpha value is -1.90. The Morgan fingerprint density at radius 2 is 1.87 bits per heavy atom. The van der Waals surface area contributed by atoms with Crippen molar-refractivity contribution in [2.45, 2.75) is 0 Å². The monoisotopic (exact) mass is 202 g/mol. The van der Waals surface area contributed by atoms with Crippen LogP contribution in [-0.2, 0) is 0 Å². The van der Waals surface area contributed by atoms with Crippen molar-refractivity contribution >= 4 is 0 Å². The second kappa shape index (κ2) is 4.09. The topological polar surface area (TPSA) is 22.1 Å². The predicted molar refractivity (Wildman–Crippen MR) is 55.2 cm³/mol. The summed E-state index contributed by atoms with van der Waals surface area (Å²) in [6, 6.07) is 7.55. The van der Waals surface area contributed by atoms with Gasteiger partial charge in [-0.15, -0.1) is 0 Å². The molecule has 75 valence electrons. The smallest absolute Gasteiger partial charge is 0.148 e. The van der Waals surface area contributed by atoms with E-state index in [2.05, 4.69) is 11.9 Å². The summed E-state index contributed by atoms with van der Waals surface area (Å²) in [4.78, 5) is 3.92. The van der Waals surface area contributed by atoms with E-state index in [0.29, 0.717) is 11.5 Å². The van der Waals surface area contributed by atoms with E-state index >= 15 is 0 Å². The molecule has 0 bridgehead atoms. The lowest BCUT2D eigenvalue weighted by atomic mass is 10.3. The number of benzene rings is 1. The highest BCUT2D eigenvalue weighted by atomic mass is 19.1. The van der Waals surface area contributed by atoms with Crippen LogP contribution in [0.1, 0.15) is 5.56 Å². The lowest BCUT2D eigenvalue weighted by molar-refractivity contribution is 0.476. The van der Waals surface area contributed by atoms with Crippen molar-refractivity contribution in [2.75, 3.05) is 0 Å². The molecule has 1 heterocycles. The van der Waals surface area contributed by atoms with Crippen molar-refractivity contribution in [3.8, 4) is 11.5 Å². The summed E-state index contributed by atoms with van der Waals surface area (Å²) in [5, 5.41) is 0. The summed E-state index contributed by atoms with van der Waals surface area (Å²) in [6.07, 6.45) is 3.21. The predicted octanol–water partition coefficient (Wildman–Crippen LogP) is 3.20. The quantitative estimate of drug-likeness (QED) is 0.746. The normalized spacial score (nSPS) is 10.0. The summed E-state index contributed by atoms with van der Waals surface area (Å²) in [7, 11) is 0. The molecule has 0 aliphatic heterocycles. The Morgan fingerprint density at radius 1 is 1.13 bits per heavy atom. The molecule has 15 heavy (non-hydrogen) atoms. The van der Waals surface area contributed by atoms with Gasteiger partial charge in [0.25, 0.3) is 0 Å². The lowest BCUT2D eigenvalue weighted by Crippen LogP contribution is -1.88. The molecule has 1 radical (unpaired) electrons. The van der Waals surface area contributed by atoms with Crippen molar-refractivity contribution in [3.05, 3.63) is 61.0 Å². The molecule has 0 aliphatic carbocycles. The number of rotatable bonds is 2. The Labute approximate surface area is 87.4 Å². The molecule has 0 saturated heterocycles. The number of pyridine rings is 1. The fourth-order valence-corrected chi connectivity index (χ4v) is 1.13. The third kappa shape index (κ3) is 2.31. The van der Waals surface area contributed by atoms with Gasteiger partial charge in [0.2, 0.25) is 0 Å². The third-order valence-electron chi connectivity index (χ3n) is 1.91. The largest absolute Gasteiger partial charge is 0.455 e. The molecule has 0 amide bonds. The van der Waals surface area contributed by atoms with Crippen LogP contribution in [0, 0.1) is 12.7 Å². The summed E-state index contributed by atoms with van der Waals surface area (Å²) >= 11 is 0. The van der Waals surface area contributed by atoms with Crippen LogP contribution in [0.2, 0.25) is 0 Å². The van der Waals surface area contributed by atoms with Crippen LogP contribution in [0.3, 0.4) is 0 Å². The van der Waals surface area contributed by atoms with Crippen LogP contribution in [0.15, 0.2) is 42.7 Å². The van der Waals surface area contributed by atoms with Gasteiger partial charge in [-0.25, -0.2) is 4.39 Å². The standard InChI is InChI=1S/C12H9FNO/c1-9-6-7-14-8-12(9)15-11-4-2-10(13)3-5-11/h2-8H,1H2. The van der Waals surface area contributed by atoms with Crippen LogP contribution in [0.4, 0.5) is 4.39 Å². The van der Waals surface area contributed by atoms with Gasteiger partial charge in [-0.05, 0) is 42.8 Å². The van der Waals surface area contributed by atoms with Crippen LogP contribution < -0.4 is 4.74 Å². The van der Waals surface area contributed by atoms with Gasteiger partial charge in [-0.1, -0.05) is 0 Å². The fraction of sp³-hybridized carbons (Fsp3) is 0. The first kappa shape index (κ1) is 9.65. The Bertz CT molecular complexity index is 453. The minimum absolute atomic E-state index is 0.289. The first-order chi connectivity index (χ1) is 7.25. The number of aromatic nitrogens is 1. The van der Waals surface area contributed by atoms with E-state index in [1.165, 1.54) is 12.1 Å². The van der Waals surface area contributed by atoms with Gasteiger partial charge in [0, 0.05) is 6.20 Å². The van der Waals surface area contributed by atoms with Gasteiger partial charge in [0.1, 0.15) is 17.3 Å². The molecule has 0 saturated carbocycles. The Morgan fingerprint density at radius 3 is 2.53 bits per heavy atom. The summed E-state index contributed by atoms with van der Waals surface area (Å²) in [5.41, 5.74) is 0.745. The average molecular weight is 202 g/mol. The number of ether oxygens (including phenoxy) is 1. The minimum atomic E-state index is -0.289. The molecular weight excluding hydrogens is 193 g/mol. The first-order valence-corrected chi connectivity index (χ1v) is 4.45. The fourth-order valence-electron chi connectivity index (χ4n) is 1.13. The van der Waals surface area contributed by atoms with E-state index in [-0.39, 0.29) is 5.82 Å². The van der Waals surface area contributed by atoms with Crippen LogP contribution in [0.25, 0.3) is 0 Å². The molecule has 2 rings (SSSR count). The molecule has 2 aromatic rings. The molecule has 0 unspecified atom stereocenters. The molecule has 0 spiro atoms. The minimum Gasteiger partial charge on any atom is -0.455 e. The van der Waals surface area contributed by atoms with Gasteiger partial charge in [0.05, 0.1) is 6.20 Å². The average Bonchev–Trinajstić information content (AvgIpc) is 2.25. The first-order valence-electron chi connectivity index (χ1n) is 4.45. The molecule has 3 heteroatoms. The molecule has 1 aromatic heterocycles. The van der Waals surface area contributed by atoms with Crippen molar-refractivity contribution < 1.29 is 9.13 Å². The maximum atomic E-state index is 12.6. The van der Waals surface area contributed by atoms with E-state index in [1.807, 2.05) is 0 Å². The van der Waals surface area contributed by atoms with Crippen LogP contribution in [0.5, 0.6) is 11.5 Å². The van der Waals surface area contributed by atoms with Crippen molar-refractivity contribution in [2.24, 2.45) is 0 Å². The molecular formula is C12H9FNO. The molecule has 0 aliphatic rings. The zero-order valence-corrected chi connectivity index (χ0v) is 7.98. The van der Waals surface area contributed by atoms with E-state index in [4.69, 9.17) is 4.74 Å². The van der Waals surface area contributed by atoms with E-state index < -0.39 is 0 Å². The molecule has 2 nitrogen and oxygen atoms in total. The number of nitrogens with zero attached hydrogens (tertiary/aromatic N) is 1. The second-order valence-electron chi connectivity index (χ2n) is 3.04. The third-order valence-corrected chi connectivity index (χ3v) is 1.91. The van der Waals surface area contributed by atoms with E-state index in [1.54, 1.807) is 30.6 Å².